The SMILES string of the molecule is CCCC(=O)N1CCCC(C(=O)NC2CCNCC2C)C1.Cl. The van der Waals surface area contributed by atoms with E-state index in [2.05, 4.69) is 17.6 Å². The first-order chi connectivity index (χ1) is 10.1. The highest BCUT2D eigenvalue weighted by Crippen LogP contribution is 2.19. The lowest BCUT2D eigenvalue weighted by molar-refractivity contribution is -0.136. The number of halogens is 1. The topological polar surface area (TPSA) is 61.4 Å². The van der Waals surface area contributed by atoms with Crippen molar-refractivity contribution in [1.82, 2.24) is 15.5 Å². The molecule has 0 saturated carbocycles. The summed E-state index contributed by atoms with van der Waals surface area (Å²) in [6.45, 7) is 7.55. The molecule has 2 amide bonds. The third-order valence-corrected chi connectivity index (χ3v) is 4.72. The molecule has 0 radical (unpaired) electrons. The number of carbonyl (C=O) groups is 2. The summed E-state index contributed by atoms with van der Waals surface area (Å²) in [5.74, 6) is 0.791. The van der Waals surface area contributed by atoms with Gasteiger partial charge in [-0.25, -0.2) is 0 Å². The Morgan fingerprint density at radius 2 is 2.09 bits per heavy atom. The molecule has 2 aliphatic rings. The van der Waals surface area contributed by atoms with Gasteiger partial charge in [-0.2, -0.15) is 0 Å². The Morgan fingerprint density at radius 3 is 2.77 bits per heavy atom. The average molecular weight is 332 g/mol. The first kappa shape index (κ1) is 19.2. The van der Waals surface area contributed by atoms with Crippen LogP contribution in [-0.2, 0) is 9.59 Å². The summed E-state index contributed by atoms with van der Waals surface area (Å²) in [4.78, 5) is 26.3. The monoisotopic (exact) mass is 331 g/mol. The average Bonchev–Trinajstić information content (AvgIpc) is 2.50. The minimum atomic E-state index is -0.0263. The minimum Gasteiger partial charge on any atom is -0.353 e. The first-order valence-corrected chi connectivity index (χ1v) is 8.40. The molecule has 0 aliphatic carbocycles. The lowest BCUT2D eigenvalue weighted by Crippen LogP contribution is -2.52. The normalized spacial score (nSPS) is 28.6. The number of nitrogens with one attached hydrogen (secondary N) is 2. The van der Waals surface area contributed by atoms with Gasteiger partial charge in [-0.05, 0) is 44.7 Å². The van der Waals surface area contributed by atoms with Crippen LogP contribution in [0.25, 0.3) is 0 Å². The number of hydrogen-bond donors (Lipinski definition) is 2. The highest BCUT2D eigenvalue weighted by molar-refractivity contribution is 5.85. The molecule has 2 heterocycles. The van der Waals surface area contributed by atoms with E-state index >= 15 is 0 Å². The van der Waals surface area contributed by atoms with E-state index in [-0.39, 0.29) is 36.2 Å². The van der Waals surface area contributed by atoms with Crippen molar-refractivity contribution < 1.29 is 9.59 Å². The Hall–Kier alpha value is -0.810. The zero-order valence-corrected chi connectivity index (χ0v) is 14.6. The van der Waals surface area contributed by atoms with Crippen molar-refractivity contribution in [3.05, 3.63) is 0 Å². The van der Waals surface area contributed by atoms with Crippen molar-refractivity contribution >= 4 is 24.2 Å². The number of amides is 2. The molecule has 128 valence electrons. The number of carbonyl (C=O) groups excluding carboxylic acids is 2. The Labute approximate surface area is 140 Å². The van der Waals surface area contributed by atoms with Gasteiger partial charge >= 0.3 is 0 Å². The molecule has 0 aromatic heterocycles. The zero-order valence-electron chi connectivity index (χ0n) is 13.8. The summed E-state index contributed by atoms with van der Waals surface area (Å²) in [6.07, 6.45) is 4.31. The van der Waals surface area contributed by atoms with Gasteiger partial charge in [0.15, 0.2) is 0 Å². The third kappa shape index (κ3) is 5.13. The quantitative estimate of drug-likeness (QED) is 0.822. The molecule has 22 heavy (non-hydrogen) atoms. The summed E-state index contributed by atoms with van der Waals surface area (Å²) < 4.78 is 0. The van der Waals surface area contributed by atoms with Gasteiger partial charge in [-0.15, -0.1) is 12.4 Å². The molecular formula is C16H30ClN3O2. The molecular weight excluding hydrogens is 302 g/mol. The summed E-state index contributed by atoms with van der Waals surface area (Å²) in [5, 5.41) is 6.56. The Balaban J connectivity index is 0.00000242. The summed E-state index contributed by atoms with van der Waals surface area (Å²) in [6, 6.07) is 0.278. The molecule has 0 aromatic carbocycles. The van der Waals surface area contributed by atoms with Crippen LogP contribution in [0.4, 0.5) is 0 Å². The zero-order chi connectivity index (χ0) is 15.2. The molecule has 6 heteroatoms. The van der Waals surface area contributed by atoms with Crippen molar-refractivity contribution in [3.8, 4) is 0 Å². The van der Waals surface area contributed by atoms with Crippen LogP contribution in [-0.4, -0.2) is 48.9 Å². The smallest absolute Gasteiger partial charge is 0.225 e. The van der Waals surface area contributed by atoms with Gasteiger partial charge in [0.05, 0.1) is 5.92 Å². The van der Waals surface area contributed by atoms with Crippen LogP contribution in [0.3, 0.4) is 0 Å². The van der Waals surface area contributed by atoms with E-state index in [0.717, 1.165) is 45.3 Å². The molecule has 2 aliphatic heterocycles. The molecule has 3 unspecified atom stereocenters. The fraction of sp³-hybridized carbons (Fsp3) is 0.875. The summed E-state index contributed by atoms with van der Waals surface area (Å²) >= 11 is 0. The van der Waals surface area contributed by atoms with Gasteiger partial charge in [0.2, 0.25) is 11.8 Å². The van der Waals surface area contributed by atoms with E-state index in [1.807, 2.05) is 11.8 Å². The summed E-state index contributed by atoms with van der Waals surface area (Å²) in [5.41, 5.74) is 0. The standard InChI is InChI=1S/C16H29N3O2.ClH/c1-3-5-15(20)19-9-4-6-13(11-19)16(21)18-14-7-8-17-10-12(14)2;/h12-14,17H,3-11H2,1-2H3,(H,18,21);1H. The highest BCUT2D eigenvalue weighted by Gasteiger charge is 2.30. The van der Waals surface area contributed by atoms with Gasteiger partial charge in [-0.1, -0.05) is 13.8 Å². The predicted octanol–water partition coefficient (Wildman–Crippen LogP) is 1.56. The van der Waals surface area contributed by atoms with Crippen LogP contribution < -0.4 is 10.6 Å². The van der Waals surface area contributed by atoms with E-state index in [9.17, 15) is 9.59 Å². The van der Waals surface area contributed by atoms with Gasteiger partial charge in [0.1, 0.15) is 0 Å². The van der Waals surface area contributed by atoms with E-state index in [0.29, 0.717) is 18.9 Å². The fourth-order valence-corrected chi connectivity index (χ4v) is 3.32. The number of piperidine rings is 2. The van der Waals surface area contributed by atoms with Gasteiger partial charge in [0.25, 0.3) is 0 Å². The lowest BCUT2D eigenvalue weighted by Gasteiger charge is -2.35. The Kier molecular flexibility index (Phi) is 8.18. The van der Waals surface area contributed by atoms with Crippen molar-refractivity contribution in [3.63, 3.8) is 0 Å². The third-order valence-electron chi connectivity index (χ3n) is 4.72. The van der Waals surface area contributed by atoms with Crippen LogP contribution in [0, 0.1) is 11.8 Å². The van der Waals surface area contributed by atoms with Crippen molar-refractivity contribution in [2.24, 2.45) is 11.8 Å². The van der Waals surface area contributed by atoms with Crippen LogP contribution in [0.2, 0.25) is 0 Å². The molecule has 5 nitrogen and oxygen atoms in total. The number of nitrogens with zero attached hydrogens (tertiary/aromatic N) is 1. The van der Waals surface area contributed by atoms with Crippen LogP contribution >= 0.6 is 12.4 Å². The van der Waals surface area contributed by atoms with Gasteiger partial charge in [0, 0.05) is 25.6 Å². The minimum absolute atomic E-state index is 0. The number of rotatable bonds is 4. The Morgan fingerprint density at radius 1 is 1.32 bits per heavy atom. The van der Waals surface area contributed by atoms with Crippen LogP contribution in [0.5, 0.6) is 0 Å². The maximum absolute atomic E-state index is 12.5. The molecule has 2 fully saturated rings. The fourth-order valence-electron chi connectivity index (χ4n) is 3.32. The molecule has 0 spiro atoms. The second-order valence-electron chi connectivity index (χ2n) is 6.51. The molecule has 0 bridgehead atoms. The number of hydrogen-bond acceptors (Lipinski definition) is 3. The number of likely N-dealkylation sites (tertiary alicyclic amines) is 1. The molecule has 2 rings (SSSR count). The molecule has 2 saturated heterocycles. The largest absolute Gasteiger partial charge is 0.353 e. The molecule has 3 atom stereocenters. The Bertz CT molecular complexity index is 378. The van der Waals surface area contributed by atoms with Crippen molar-refractivity contribution in [2.75, 3.05) is 26.2 Å². The second kappa shape index (κ2) is 9.36. The van der Waals surface area contributed by atoms with E-state index in [4.69, 9.17) is 0 Å². The molecule has 2 N–H and O–H groups in total. The van der Waals surface area contributed by atoms with Crippen molar-refractivity contribution in [1.29, 1.82) is 0 Å². The second-order valence-corrected chi connectivity index (χ2v) is 6.51. The highest BCUT2D eigenvalue weighted by atomic mass is 35.5. The van der Waals surface area contributed by atoms with E-state index in [1.54, 1.807) is 0 Å². The predicted molar refractivity (Wildman–Crippen MR) is 90.0 cm³/mol. The van der Waals surface area contributed by atoms with Crippen molar-refractivity contribution in [2.45, 2.75) is 52.0 Å². The van der Waals surface area contributed by atoms with E-state index < -0.39 is 0 Å². The van der Waals surface area contributed by atoms with Gasteiger partial charge in [-0.3, -0.25) is 9.59 Å². The van der Waals surface area contributed by atoms with Crippen LogP contribution in [0.1, 0.15) is 46.0 Å². The van der Waals surface area contributed by atoms with E-state index in [1.165, 1.54) is 0 Å². The van der Waals surface area contributed by atoms with Gasteiger partial charge < -0.3 is 15.5 Å². The lowest BCUT2D eigenvalue weighted by atomic mass is 9.92. The first-order valence-electron chi connectivity index (χ1n) is 8.40. The van der Waals surface area contributed by atoms with Crippen LogP contribution in [0.15, 0.2) is 0 Å². The molecule has 0 aromatic rings. The summed E-state index contributed by atoms with van der Waals surface area (Å²) in [7, 11) is 0. The maximum atomic E-state index is 12.5. The maximum Gasteiger partial charge on any atom is 0.225 e.